The Morgan fingerprint density at radius 3 is 2.00 bits per heavy atom. The third kappa shape index (κ3) is 1.73. The van der Waals surface area contributed by atoms with Crippen molar-refractivity contribution in [2.24, 2.45) is 0 Å². The topological polar surface area (TPSA) is 50.1 Å². The minimum absolute atomic E-state index is 0.543. The van der Waals surface area contributed by atoms with E-state index in [1.54, 1.807) is 0 Å². The maximum Gasteiger partial charge on any atom is 0.286 e. The zero-order valence-electron chi connectivity index (χ0n) is 9.52. The largest absolute Gasteiger partial charge is 0.316 e. The minimum Gasteiger partial charge on any atom is -0.316 e. The van der Waals surface area contributed by atoms with Crippen LogP contribution in [0.25, 0.3) is 22.5 Å². The van der Waals surface area contributed by atoms with E-state index in [0.29, 0.717) is 16.3 Å². The van der Waals surface area contributed by atoms with E-state index in [-0.39, 0.29) is 0 Å². The number of benzene rings is 2. The molecule has 0 aliphatic carbocycles. The van der Waals surface area contributed by atoms with E-state index in [1.807, 2.05) is 60.7 Å². The van der Waals surface area contributed by atoms with Crippen molar-refractivity contribution >= 4 is 0 Å². The molecule has 1 heterocycles. The van der Waals surface area contributed by atoms with Crippen molar-refractivity contribution < 1.29 is 14.7 Å². The number of hydrogen-bond acceptors (Lipinski definition) is 3. The van der Waals surface area contributed by atoms with E-state index < -0.39 is 0 Å². The molecule has 0 saturated heterocycles. The van der Waals surface area contributed by atoms with Gasteiger partial charge in [0.05, 0.1) is 0 Å². The standard InChI is InChI=1S/C14H11N2O2/c17-16-14(12-9-5-2-6-10-12)13(15-18-16)11-7-3-1-4-8-11/h1-10,17H/q+1. The van der Waals surface area contributed by atoms with Crippen molar-refractivity contribution in [3.8, 4) is 22.5 Å². The van der Waals surface area contributed by atoms with Crippen LogP contribution in [0.15, 0.2) is 65.3 Å². The molecule has 0 aliphatic heterocycles. The lowest BCUT2D eigenvalue weighted by molar-refractivity contribution is -1.03. The summed E-state index contributed by atoms with van der Waals surface area (Å²) in [7, 11) is 0. The molecule has 1 N–H and O–H groups in total. The van der Waals surface area contributed by atoms with Gasteiger partial charge in [-0.15, -0.1) is 0 Å². The zero-order valence-corrected chi connectivity index (χ0v) is 9.52. The molecule has 0 spiro atoms. The second-order valence-electron chi connectivity index (χ2n) is 3.88. The van der Waals surface area contributed by atoms with Gasteiger partial charge in [0.25, 0.3) is 11.4 Å². The van der Waals surface area contributed by atoms with Crippen LogP contribution in [-0.2, 0) is 0 Å². The van der Waals surface area contributed by atoms with Crippen molar-refractivity contribution in [1.82, 2.24) is 5.16 Å². The second-order valence-corrected chi connectivity index (χ2v) is 3.88. The van der Waals surface area contributed by atoms with Crippen molar-refractivity contribution in [2.75, 3.05) is 0 Å². The van der Waals surface area contributed by atoms with Crippen LogP contribution in [0.2, 0.25) is 0 Å². The lowest BCUT2D eigenvalue weighted by Gasteiger charge is -1.95. The van der Waals surface area contributed by atoms with Crippen LogP contribution >= 0.6 is 0 Å². The molecule has 4 nitrogen and oxygen atoms in total. The van der Waals surface area contributed by atoms with Gasteiger partial charge in [-0.2, -0.15) is 0 Å². The summed E-state index contributed by atoms with van der Waals surface area (Å²) < 4.78 is 4.83. The smallest absolute Gasteiger partial charge is 0.286 e. The first-order valence-electron chi connectivity index (χ1n) is 5.58. The summed E-state index contributed by atoms with van der Waals surface area (Å²) >= 11 is 0. The van der Waals surface area contributed by atoms with Gasteiger partial charge in [0.1, 0.15) is 4.90 Å². The molecule has 3 aromatic rings. The van der Waals surface area contributed by atoms with Crippen LogP contribution < -0.4 is 4.90 Å². The number of aromatic nitrogens is 2. The molecule has 0 aliphatic rings. The Labute approximate surface area is 104 Å². The highest BCUT2D eigenvalue weighted by molar-refractivity contribution is 5.74. The van der Waals surface area contributed by atoms with E-state index in [4.69, 9.17) is 4.63 Å². The normalized spacial score (nSPS) is 10.4. The summed E-state index contributed by atoms with van der Waals surface area (Å²) in [4.78, 5) is 0.692. The van der Waals surface area contributed by atoms with Gasteiger partial charge >= 0.3 is 0 Å². The molecule has 0 saturated carbocycles. The van der Waals surface area contributed by atoms with Gasteiger partial charge in [0.15, 0.2) is 5.16 Å². The Morgan fingerprint density at radius 2 is 1.39 bits per heavy atom. The number of nitrogens with zero attached hydrogens (tertiary/aromatic N) is 2. The fourth-order valence-corrected chi connectivity index (χ4v) is 1.88. The quantitative estimate of drug-likeness (QED) is 0.699. The summed E-state index contributed by atoms with van der Waals surface area (Å²) in [6.45, 7) is 0. The Balaban J connectivity index is 2.19. The van der Waals surface area contributed by atoms with Gasteiger partial charge in [0.2, 0.25) is 0 Å². The minimum atomic E-state index is 0.543. The zero-order chi connectivity index (χ0) is 12.4. The van der Waals surface area contributed by atoms with E-state index >= 15 is 0 Å². The van der Waals surface area contributed by atoms with Gasteiger partial charge in [-0.25, -0.2) is 0 Å². The van der Waals surface area contributed by atoms with E-state index in [2.05, 4.69) is 5.16 Å². The molecule has 18 heavy (non-hydrogen) atoms. The molecule has 88 valence electrons. The van der Waals surface area contributed by atoms with Gasteiger partial charge < -0.3 is 5.21 Å². The summed E-state index contributed by atoms with van der Waals surface area (Å²) in [5.41, 5.74) is 2.90. The van der Waals surface area contributed by atoms with Crippen LogP contribution in [0.3, 0.4) is 0 Å². The molecule has 0 fully saturated rings. The first-order chi connectivity index (χ1) is 8.86. The second kappa shape index (κ2) is 4.33. The van der Waals surface area contributed by atoms with Gasteiger partial charge in [-0.05, 0) is 4.63 Å². The molecule has 0 amide bonds. The van der Waals surface area contributed by atoms with Crippen molar-refractivity contribution in [3.63, 3.8) is 0 Å². The molecule has 0 unspecified atom stereocenters. The lowest BCUT2D eigenvalue weighted by atomic mass is 10.1. The van der Waals surface area contributed by atoms with Crippen LogP contribution in [0.5, 0.6) is 0 Å². The highest BCUT2D eigenvalue weighted by Crippen LogP contribution is 2.26. The number of hydrogen-bond donors (Lipinski definition) is 1. The highest BCUT2D eigenvalue weighted by Gasteiger charge is 2.27. The van der Waals surface area contributed by atoms with Crippen LogP contribution in [0.1, 0.15) is 0 Å². The predicted molar refractivity (Wildman–Crippen MR) is 64.8 cm³/mol. The van der Waals surface area contributed by atoms with Gasteiger partial charge in [0, 0.05) is 11.1 Å². The van der Waals surface area contributed by atoms with Gasteiger partial charge in [-0.3, -0.25) is 0 Å². The van der Waals surface area contributed by atoms with Crippen LogP contribution in [-0.4, -0.2) is 10.4 Å². The van der Waals surface area contributed by atoms with Crippen molar-refractivity contribution in [2.45, 2.75) is 0 Å². The molecule has 3 rings (SSSR count). The van der Waals surface area contributed by atoms with E-state index in [1.165, 1.54) is 0 Å². The fourth-order valence-electron chi connectivity index (χ4n) is 1.88. The fraction of sp³-hybridized carbons (Fsp3) is 0. The average molecular weight is 239 g/mol. The molecule has 4 heteroatoms. The molecular formula is C14H11N2O2+. The van der Waals surface area contributed by atoms with Crippen LogP contribution in [0.4, 0.5) is 0 Å². The Hall–Kier alpha value is -2.62. The highest BCUT2D eigenvalue weighted by atomic mass is 16.8. The first kappa shape index (κ1) is 10.5. The van der Waals surface area contributed by atoms with E-state index in [0.717, 1.165) is 11.1 Å². The summed E-state index contributed by atoms with van der Waals surface area (Å²) in [5.74, 6) is 0. The molecule has 0 atom stereocenters. The maximum atomic E-state index is 9.73. The number of rotatable bonds is 2. The SMILES string of the molecule is O[n+]1onc(-c2ccccc2)c1-c1ccccc1. The van der Waals surface area contributed by atoms with Gasteiger partial charge in [-0.1, -0.05) is 60.7 Å². The molecule has 1 aromatic heterocycles. The summed E-state index contributed by atoms with van der Waals surface area (Å²) in [6, 6.07) is 19.1. The van der Waals surface area contributed by atoms with Crippen molar-refractivity contribution in [1.29, 1.82) is 0 Å². The Bertz CT molecular complexity index is 648. The first-order valence-corrected chi connectivity index (χ1v) is 5.58. The maximum absolute atomic E-state index is 9.73. The molecular weight excluding hydrogens is 228 g/mol. The lowest BCUT2D eigenvalue weighted by Crippen LogP contribution is -2.29. The molecule has 2 aromatic carbocycles. The summed E-state index contributed by atoms with van der Waals surface area (Å²) in [6.07, 6.45) is 0. The molecule has 0 bridgehead atoms. The molecule has 0 radical (unpaired) electrons. The predicted octanol–water partition coefficient (Wildman–Crippen LogP) is 2.53. The third-order valence-electron chi connectivity index (χ3n) is 2.72. The Kier molecular flexibility index (Phi) is 2.53. The monoisotopic (exact) mass is 239 g/mol. The average Bonchev–Trinajstić information content (AvgIpc) is 2.83. The van der Waals surface area contributed by atoms with Crippen LogP contribution in [0, 0.1) is 0 Å². The summed E-state index contributed by atoms with van der Waals surface area (Å²) in [5, 5.41) is 13.6. The van der Waals surface area contributed by atoms with Crippen molar-refractivity contribution in [3.05, 3.63) is 60.7 Å². The van der Waals surface area contributed by atoms with E-state index in [9.17, 15) is 5.21 Å². The Morgan fingerprint density at radius 1 is 0.833 bits per heavy atom. The third-order valence-corrected chi connectivity index (χ3v) is 2.72.